The molecular weight excluding hydrogens is 236 g/mol. The number of nitrogens with two attached hydrogens (primary N) is 1. The van der Waals surface area contributed by atoms with Crippen LogP contribution in [-0.2, 0) is 10.3 Å². The zero-order valence-corrected chi connectivity index (χ0v) is 8.82. The van der Waals surface area contributed by atoms with Crippen LogP contribution >= 0.6 is 0 Å². The number of aromatic hydroxyl groups is 2. The summed E-state index contributed by atoms with van der Waals surface area (Å²) in [6.45, 7) is 0.366. The van der Waals surface area contributed by atoms with E-state index in [-0.39, 0.29) is 0 Å². The summed E-state index contributed by atoms with van der Waals surface area (Å²) in [6, 6.07) is 2.50. The van der Waals surface area contributed by atoms with E-state index in [0.717, 1.165) is 12.1 Å². The molecule has 17 heavy (non-hydrogen) atoms. The molecular formula is C10H11F2NO4. The van der Waals surface area contributed by atoms with E-state index in [9.17, 15) is 13.6 Å². The van der Waals surface area contributed by atoms with Crippen LogP contribution in [0.15, 0.2) is 18.2 Å². The van der Waals surface area contributed by atoms with Crippen LogP contribution < -0.4 is 5.73 Å². The summed E-state index contributed by atoms with van der Waals surface area (Å²) in [4.78, 5) is 10.9. The molecule has 0 saturated carbocycles. The first kappa shape index (κ1) is 13.2. The molecule has 7 heteroatoms. The zero-order chi connectivity index (χ0) is 13.4. The average molecular weight is 247 g/mol. The Labute approximate surface area is 95.1 Å². The summed E-state index contributed by atoms with van der Waals surface area (Å²) >= 11 is 0. The van der Waals surface area contributed by atoms with Gasteiger partial charge in [0.05, 0.1) is 0 Å². The molecule has 0 amide bonds. The number of phenolic OH excluding ortho intramolecular Hbond substituents is 2. The molecule has 5 nitrogen and oxygen atoms in total. The van der Waals surface area contributed by atoms with Gasteiger partial charge in [-0.25, -0.2) is 13.6 Å². The molecule has 1 aromatic rings. The molecule has 0 spiro atoms. The van der Waals surface area contributed by atoms with Gasteiger partial charge in [0.2, 0.25) is 5.54 Å². The van der Waals surface area contributed by atoms with E-state index in [0.29, 0.717) is 13.0 Å². The molecule has 0 aromatic heterocycles. The van der Waals surface area contributed by atoms with Gasteiger partial charge < -0.3 is 21.1 Å². The Balaban J connectivity index is 3.44. The van der Waals surface area contributed by atoms with Gasteiger partial charge in [0.25, 0.3) is 5.92 Å². The maximum Gasteiger partial charge on any atom is 0.334 e. The minimum absolute atomic E-state index is 0.366. The Morgan fingerprint density at radius 3 is 2.18 bits per heavy atom. The van der Waals surface area contributed by atoms with Crippen LogP contribution in [0.2, 0.25) is 0 Å². The minimum atomic E-state index is -3.75. The summed E-state index contributed by atoms with van der Waals surface area (Å²) in [6.07, 6.45) is 0. The van der Waals surface area contributed by atoms with Crippen LogP contribution in [-0.4, -0.2) is 27.2 Å². The van der Waals surface area contributed by atoms with Crippen LogP contribution in [0.25, 0.3) is 0 Å². The lowest BCUT2D eigenvalue weighted by Gasteiger charge is -2.31. The third-order valence-corrected chi connectivity index (χ3v) is 2.46. The Morgan fingerprint density at radius 2 is 1.82 bits per heavy atom. The summed E-state index contributed by atoms with van der Waals surface area (Å²) in [7, 11) is 0. The second-order valence-corrected chi connectivity index (χ2v) is 3.71. The molecule has 0 radical (unpaired) electrons. The molecule has 0 saturated heterocycles. The Bertz CT molecular complexity index is 458. The zero-order valence-electron chi connectivity index (χ0n) is 8.82. The first-order valence-electron chi connectivity index (χ1n) is 4.53. The summed E-state index contributed by atoms with van der Waals surface area (Å²) in [5.41, 5.74) is 1.74. The van der Waals surface area contributed by atoms with E-state index in [1.165, 1.54) is 0 Å². The number of carboxylic acids is 1. The molecule has 1 aromatic carbocycles. The van der Waals surface area contributed by atoms with Gasteiger partial charge in [-0.05, 0) is 17.7 Å². The van der Waals surface area contributed by atoms with Crippen molar-refractivity contribution in [3.8, 4) is 11.5 Å². The molecule has 0 aliphatic heterocycles. The fraction of sp³-hybridized carbons (Fsp3) is 0.300. The van der Waals surface area contributed by atoms with Crippen LogP contribution in [0, 0.1) is 0 Å². The van der Waals surface area contributed by atoms with Crippen molar-refractivity contribution in [3.05, 3.63) is 23.8 Å². The lowest BCUT2D eigenvalue weighted by atomic mass is 9.85. The van der Waals surface area contributed by atoms with E-state index in [1.807, 2.05) is 0 Å². The number of hydrogen-bond donors (Lipinski definition) is 4. The number of phenols is 2. The van der Waals surface area contributed by atoms with Crippen LogP contribution in [0.5, 0.6) is 11.5 Å². The maximum atomic E-state index is 13.3. The summed E-state index contributed by atoms with van der Waals surface area (Å²) in [5, 5.41) is 27.0. The predicted molar refractivity (Wildman–Crippen MR) is 53.9 cm³/mol. The molecule has 1 rings (SSSR count). The highest BCUT2D eigenvalue weighted by atomic mass is 19.3. The number of rotatable bonds is 3. The van der Waals surface area contributed by atoms with Crippen molar-refractivity contribution in [3.63, 3.8) is 0 Å². The molecule has 94 valence electrons. The Morgan fingerprint density at radius 1 is 1.29 bits per heavy atom. The first-order chi connectivity index (χ1) is 7.60. The number of halogens is 2. The van der Waals surface area contributed by atoms with Crippen molar-refractivity contribution >= 4 is 5.97 Å². The lowest BCUT2D eigenvalue weighted by molar-refractivity contribution is -0.160. The van der Waals surface area contributed by atoms with E-state index < -0.39 is 34.5 Å². The normalized spacial score (nSPS) is 15.3. The maximum absolute atomic E-state index is 13.3. The fourth-order valence-corrected chi connectivity index (χ4v) is 1.33. The fourth-order valence-electron chi connectivity index (χ4n) is 1.33. The summed E-state index contributed by atoms with van der Waals surface area (Å²) in [5.74, 6) is -6.96. The molecule has 5 N–H and O–H groups in total. The van der Waals surface area contributed by atoms with Crippen molar-refractivity contribution in [2.75, 3.05) is 0 Å². The van der Waals surface area contributed by atoms with E-state index >= 15 is 0 Å². The van der Waals surface area contributed by atoms with Gasteiger partial charge in [-0.2, -0.15) is 0 Å². The van der Waals surface area contributed by atoms with E-state index in [1.54, 1.807) is 0 Å². The van der Waals surface area contributed by atoms with Crippen LogP contribution in [0.1, 0.15) is 12.5 Å². The van der Waals surface area contributed by atoms with E-state index in [4.69, 9.17) is 21.1 Å². The number of aliphatic carboxylic acids is 1. The molecule has 0 aliphatic rings. The van der Waals surface area contributed by atoms with Gasteiger partial charge >= 0.3 is 5.97 Å². The highest BCUT2D eigenvalue weighted by molar-refractivity contribution is 5.82. The Kier molecular flexibility index (Phi) is 2.98. The first-order valence-corrected chi connectivity index (χ1v) is 4.53. The second kappa shape index (κ2) is 3.85. The van der Waals surface area contributed by atoms with Crippen molar-refractivity contribution in [1.82, 2.24) is 0 Å². The molecule has 0 heterocycles. The third-order valence-electron chi connectivity index (χ3n) is 2.46. The molecule has 0 bridgehead atoms. The summed E-state index contributed by atoms with van der Waals surface area (Å²) < 4.78 is 26.6. The smallest absolute Gasteiger partial charge is 0.334 e. The predicted octanol–water partition coefficient (Wildman–Crippen LogP) is 0.992. The monoisotopic (exact) mass is 247 g/mol. The highest BCUT2D eigenvalue weighted by Crippen LogP contribution is 2.38. The van der Waals surface area contributed by atoms with Crippen molar-refractivity contribution < 1.29 is 28.9 Å². The van der Waals surface area contributed by atoms with Crippen molar-refractivity contribution in [2.45, 2.75) is 18.4 Å². The topological polar surface area (TPSA) is 104 Å². The van der Waals surface area contributed by atoms with E-state index in [2.05, 4.69) is 0 Å². The standard InChI is InChI=1S/C10H11F2NO4/c1-9(11,12)10(13,8(16)17)5-2-3-6(14)7(15)4-5/h2-4,14-15H,13H2,1H3,(H,16,17)/t10-/m0/s1. The molecule has 0 aliphatic carbocycles. The third kappa shape index (κ3) is 2.01. The highest BCUT2D eigenvalue weighted by Gasteiger charge is 2.55. The quantitative estimate of drug-likeness (QED) is 0.596. The average Bonchev–Trinajstić information content (AvgIpc) is 2.19. The van der Waals surface area contributed by atoms with Gasteiger partial charge in [-0.15, -0.1) is 0 Å². The van der Waals surface area contributed by atoms with Crippen LogP contribution in [0.3, 0.4) is 0 Å². The molecule has 0 fully saturated rings. The molecule has 1 atom stereocenters. The van der Waals surface area contributed by atoms with Gasteiger partial charge in [0.1, 0.15) is 0 Å². The lowest BCUT2D eigenvalue weighted by Crippen LogP contribution is -2.57. The van der Waals surface area contributed by atoms with Crippen LogP contribution in [0.4, 0.5) is 8.78 Å². The van der Waals surface area contributed by atoms with Gasteiger partial charge in [0.15, 0.2) is 11.5 Å². The number of alkyl halides is 2. The number of carbonyl (C=O) groups is 1. The Hall–Kier alpha value is -1.89. The van der Waals surface area contributed by atoms with Crippen molar-refractivity contribution in [1.29, 1.82) is 0 Å². The van der Waals surface area contributed by atoms with Gasteiger partial charge in [-0.3, -0.25) is 0 Å². The largest absolute Gasteiger partial charge is 0.504 e. The number of carboxylic acid groups (broad SMARTS) is 1. The number of benzene rings is 1. The minimum Gasteiger partial charge on any atom is -0.504 e. The number of hydrogen-bond acceptors (Lipinski definition) is 4. The molecule has 0 unspecified atom stereocenters. The second-order valence-electron chi connectivity index (χ2n) is 3.71. The van der Waals surface area contributed by atoms with Gasteiger partial charge in [0, 0.05) is 6.92 Å². The van der Waals surface area contributed by atoms with Crippen molar-refractivity contribution in [2.24, 2.45) is 5.73 Å². The van der Waals surface area contributed by atoms with Gasteiger partial charge in [-0.1, -0.05) is 6.07 Å². The SMILES string of the molecule is CC(F)(F)[C@@](N)(C(=O)O)c1ccc(O)c(O)c1.